The van der Waals surface area contributed by atoms with Crippen molar-refractivity contribution in [2.75, 3.05) is 6.61 Å². The Morgan fingerprint density at radius 3 is 2.12 bits per heavy atom. The highest BCUT2D eigenvalue weighted by Crippen LogP contribution is 2.23. The van der Waals surface area contributed by atoms with Gasteiger partial charge in [-0.25, -0.2) is 0 Å². The van der Waals surface area contributed by atoms with Crippen molar-refractivity contribution in [2.45, 2.75) is 44.2 Å². The summed E-state index contributed by atoms with van der Waals surface area (Å²) in [6, 6.07) is 19.6. The minimum atomic E-state index is -1.00. The Labute approximate surface area is 147 Å². The predicted octanol–water partition coefficient (Wildman–Crippen LogP) is 2.26. The van der Waals surface area contributed by atoms with Crippen LogP contribution in [0.2, 0.25) is 0 Å². The van der Waals surface area contributed by atoms with Crippen molar-refractivity contribution in [3.8, 4) is 0 Å². The molecule has 0 saturated carbocycles. The van der Waals surface area contributed by atoms with Gasteiger partial charge >= 0.3 is 0 Å². The quantitative estimate of drug-likeness (QED) is 0.806. The molecule has 2 aromatic carbocycles. The second kappa shape index (κ2) is 9.08. The van der Waals surface area contributed by atoms with E-state index in [1.165, 1.54) is 0 Å². The molecule has 1 aliphatic rings. The van der Waals surface area contributed by atoms with Crippen LogP contribution in [0, 0.1) is 0 Å². The van der Waals surface area contributed by atoms with Crippen LogP contribution >= 0.6 is 0 Å². The van der Waals surface area contributed by atoms with E-state index in [4.69, 9.17) is 14.2 Å². The third kappa shape index (κ3) is 5.36. The summed E-state index contributed by atoms with van der Waals surface area (Å²) in [7, 11) is 0. The number of aliphatic hydroxyl groups is 2. The maximum absolute atomic E-state index is 10.3. The molecule has 2 N–H and O–H groups in total. The molecule has 0 aromatic heterocycles. The lowest BCUT2D eigenvalue weighted by Crippen LogP contribution is -2.51. The molecule has 1 fully saturated rings. The lowest BCUT2D eigenvalue weighted by atomic mass is 10.0. The largest absolute Gasteiger partial charge is 0.390 e. The molecular weight excluding hydrogens is 320 g/mol. The van der Waals surface area contributed by atoms with Gasteiger partial charge in [-0.3, -0.25) is 0 Å². The van der Waals surface area contributed by atoms with Crippen LogP contribution < -0.4 is 0 Å². The first-order valence-corrected chi connectivity index (χ1v) is 8.51. The molecule has 134 valence electrons. The molecule has 0 amide bonds. The third-order valence-electron chi connectivity index (χ3n) is 4.20. The highest BCUT2D eigenvalue weighted by Gasteiger charge is 2.38. The Kier molecular flexibility index (Phi) is 6.55. The summed E-state index contributed by atoms with van der Waals surface area (Å²) in [5, 5.41) is 20.1. The minimum Gasteiger partial charge on any atom is -0.390 e. The van der Waals surface area contributed by atoms with E-state index >= 15 is 0 Å². The van der Waals surface area contributed by atoms with E-state index in [9.17, 15) is 10.2 Å². The molecule has 1 unspecified atom stereocenters. The Hall–Kier alpha value is -1.76. The van der Waals surface area contributed by atoms with Gasteiger partial charge in [0.1, 0.15) is 12.2 Å². The van der Waals surface area contributed by atoms with E-state index in [0.717, 1.165) is 11.1 Å². The molecular formula is C20H24O5. The summed E-state index contributed by atoms with van der Waals surface area (Å²) in [6.07, 6.45) is -2.73. The molecule has 5 heteroatoms. The maximum Gasteiger partial charge on any atom is 0.157 e. The van der Waals surface area contributed by atoms with Crippen LogP contribution in [-0.2, 0) is 27.4 Å². The van der Waals surface area contributed by atoms with E-state index in [0.29, 0.717) is 13.2 Å². The monoisotopic (exact) mass is 344 g/mol. The SMILES string of the molecule is OC1C[C@H](O)[C@@H](OCc2ccccc2)[C@@H](COCc2ccccc2)O1. The summed E-state index contributed by atoms with van der Waals surface area (Å²) < 4.78 is 17.1. The number of ether oxygens (including phenoxy) is 3. The third-order valence-corrected chi connectivity index (χ3v) is 4.20. The Morgan fingerprint density at radius 1 is 0.880 bits per heavy atom. The first-order chi connectivity index (χ1) is 12.2. The smallest absolute Gasteiger partial charge is 0.157 e. The number of rotatable bonds is 7. The maximum atomic E-state index is 10.3. The number of benzene rings is 2. The van der Waals surface area contributed by atoms with Crippen LogP contribution in [0.1, 0.15) is 17.5 Å². The highest BCUT2D eigenvalue weighted by atomic mass is 16.6. The summed E-state index contributed by atoms with van der Waals surface area (Å²) in [4.78, 5) is 0. The summed E-state index contributed by atoms with van der Waals surface area (Å²) in [5.41, 5.74) is 2.07. The molecule has 1 heterocycles. The van der Waals surface area contributed by atoms with Gasteiger partial charge in [-0.2, -0.15) is 0 Å². The average Bonchev–Trinajstić information content (AvgIpc) is 2.62. The van der Waals surface area contributed by atoms with Crippen LogP contribution in [-0.4, -0.2) is 41.4 Å². The van der Waals surface area contributed by atoms with E-state index < -0.39 is 24.6 Å². The molecule has 0 radical (unpaired) electrons. The normalized spacial score (nSPS) is 26.5. The van der Waals surface area contributed by atoms with Crippen molar-refractivity contribution in [3.63, 3.8) is 0 Å². The average molecular weight is 344 g/mol. The fourth-order valence-corrected chi connectivity index (χ4v) is 2.91. The molecule has 25 heavy (non-hydrogen) atoms. The van der Waals surface area contributed by atoms with Gasteiger partial charge in [0.05, 0.1) is 25.9 Å². The van der Waals surface area contributed by atoms with Gasteiger partial charge in [0.2, 0.25) is 0 Å². The zero-order valence-corrected chi connectivity index (χ0v) is 14.0. The fourth-order valence-electron chi connectivity index (χ4n) is 2.91. The summed E-state index contributed by atoms with van der Waals surface area (Å²) in [6.45, 7) is 1.05. The van der Waals surface area contributed by atoms with Gasteiger partial charge < -0.3 is 24.4 Å². The van der Waals surface area contributed by atoms with E-state index in [2.05, 4.69) is 0 Å². The number of hydrogen-bond donors (Lipinski definition) is 2. The van der Waals surface area contributed by atoms with Gasteiger partial charge in [-0.05, 0) is 11.1 Å². The van der Waals surface area contributed by atoms with E-state index in [-0.39, 0.29) is 13.0 Å². The molecule has 0 aliphatic carbocycles. The first-order valence-electron chi connectivity index (χ1n) is 8.51. The Morgan fingerprint density at radius 2 is 1.48 bits per heavy atom. The van der Waals surface area contributed by atoms with Crippen molar-refractivity contribution in [1.82, 2.24) is 0 Å². The van der Waals surface area contributed by atoms with Gasteiger partial charge in [0.15, 0.2) is 6.29 Å². The van der Waals surface area contributed by atoms with Crippen molar-refractivity contribution >= 4 is 0 Å². The van der Waals surface area contributed by atoms with Crippen molar-refractivity contribution in [1.29, 1.82) is 0 Å². The highest BCUT2D eigenvalue weighted by molar-refractivity contribution is 5.14. The molecule has 2 aromatic rings. The lowest BCUT2D eigenvalue weighted by Gasteiger charge is -2.37. The van der Waals surface area contributed by atoms with Crippen molar-refractivity contribution in [3.05, 3.63) is 71.8 Å². The van der Waals surface area contributed by atoms with Gasteiger partial charge in [-0.15, -0.1) is 0 Å². The molecule has 1 aliphatic heterocycles. The number of hydrogen-bond acceptors (Lipinski definition) is 5. The second-order valence-corrected chi connectivity index (χ2v) is 6.19. The molecule has 0 bridgehead atoms. The number of aliphatic hydroxyl groups excluding tert-OH is 2. The molecule has 3 rings (SSSR count). The van der Waals surface area contributed by atoms with Crippen molar-refractivity contribution in [2.24, 2.45) is 0 Å². The topological polar surface area (TPSA) is 68.2 Å². The Balaban J connectivity index is 1.55. The standard InChI is InChI=1S/C20H24O5/c21-17-11-19(22)25-18(14-23-12-15-7-3-1-4-8-15)20(17)24-13-16-9-5-2-6-10-16/h1-10,17-22H,11-14H2/t17-,18+,19?,20+/m0/s1. The van der Waals surface area contributed by atoms with Crippen LogP contribution in [0.15, 0.2) is 60.7 Å². The zero-order valence-electron chi connectivity index (χ0n) is 14.0. The summed E-state index contributed by atoms with van der Waals surface area (Å²) in [5.74, 6) is 0. The van der Waals surface area contributed by atoms with Crippen LogP contribution in [0.4, 0.5) is 0 Å². The van der Waals surface area contributed by atoms with Crippen LogP contribution in [0.25, 0.3) is 0 Å². The first kappa shape index (κ1) is 18.0. The van der Waals surface area contributed by atoms with Gasteiger partial charge in [0.25, 0.3) is 0 Å². The van der Waals surface area contributed by atoms with Gasteiger partial charge in [-0.1, -0.05) is 60.7 Å². The second-order valence-electron chi connectivity index (χ2n) is 6.19. The fraction of sp³-hybridized carbons (Fsp3) is 0.400. The molecule has 4 atom stereocenters. The summed E-state index contributed by atoms with van der Waals surface area (Å²) >= 11 is 0. The Bertz CT molecular complexity index is 618. The van der Waals surface area contributed by atoms with Crippen molar-refractivity contribution < 1.29 is 24.4 Å². The van der Waals surface area contributed by atoms with Gasteiger partial charge in [0, 0.05) is 6.42 Å². The molecule has 1 saturated heterocycles. The predicted molar refractivity (Wildman–Crippen MR) is 92.6 cm³/mol. The van der Waals surface area contributed by atoms with E-state index in [1.54, 1.807) is 0 Å². The lowest BCUT2D eigenvalue weighted by molar-refractivity contribution is -0.255. The molecule has 0 spiro atoms. The van der Waals surface area contributed by atoms with E-state index in [1.807, 2.05) is 60.7 Å². The zero-order chi connectivity index (χ0) is 17.5. The van der Waals surface area contributed by atoms with Crippen LogP contribution in [0.3, 0.4) is 0 Å². The van der Waals surface area contributed by atoms with Crippen LogP contribution in [0.5, 0.6) is 0 Å². The minimum absolute atomic E-state index is 0.134. The molecule has 5 nitrogen and oxygen atoms in total.